The number of ether oxygens (including phenoxy) is 1. The molecule has 0 aliphatic carbocycles. The number of halogens is 1. The molecule has 0 saturated heterocycles. The number of nitrogens with one attached hydrogen (secondary N) is 3. The zero-order valence-corrected chi connectivity index (χ0v) is 16.7. The van der Waals surface area contributed by atoms with Crippen molar-refractivity contribution in [1.29, 1.82) is 0 Å². The van der Waals surface area contributed by atoms with Crippen molar-refractivity contribution in [3.05, 3.63) is 69.8 Å². The lowest BCUT2D eigenvalue weighted by Crippen LogP contribution is -2.45. The van der Waals surface area contributed by atoms with Gasteiger partial charge < -0.3 is 20.7 Å². The first-order valence-electron chi connectivity index (χ1n) is 7.97. The van der Waals surface area contributed by atoms with E-state index < -0.39 is 0 Å². The van der Waals surface area contributed by atoms with Crippen LogP contribution < -0.4 is 20.7 Å². The second-order valence-electron chi connectivity index (χ2n) is 5.81. The third kappa shape index (κ3) is 4.05. The van der Waals surface area contributed by atoms with E-state index in [2.05, 4.69) is 31.9 Å². The van der Waals surface area contributed by atoms with Crippen LogP contribution in [0.3, 0.4) is 0 Å². The van der Waals surface area contributed by atoms with E-state index in [1.54, 1.807) is 13.2 Å². The lowest BCUT2D eigenvalue weighted by molar-refractivity contribution is -0.113. The minimum atomic E-state index is -0.341. The second kappa shape index (κ2) is 7.88. The first-order chi connectivity index (χ1) is 12.5. The van der Waals surface area contributed by atoms with Crippen LogP contribution in [0.15, 0.2) is 64.3 Å². The van der Waals surface area contributed by atoms with Crippen LogP contribution >= 0.6 is 28.1 Å². The molecule has 1 aliphatic rings. The Bertz CT molecular complexity index is 898. The van der Waals surface area contributed by atoms with Gasteiger partial charge in [0.05, 0.1) is 18.7 Å². The Morgan fingerprint density at radius 3 is 2.73 bits per heavy atom. The number of carbonyl (C=O) groups excluding carboxylic acids is 1. The van der Waals surface area contributed by atoms with Gasteiger partial charge >= 0.3 is 0 Å². The van der Waals surface area contributed by atoms with Crippen molar-refractivity contribution in [2.24, 2.45) is 0 Å². The molecule has 1 atom stereocenters. The first-order valence-corrected chi connectivity index (χ1v) is 9.17. The monoisotopic (exact) mass is 431 g/mol. The van der Waals surface area contributed by atoms with Crippen LogP contribution in [-0.2, 0) is 4.79 Å². The van der Waals surface area contributed by atoms with Gasteiger partial charge in [-0.05, 0) is 49.0 Å². The van der Waals surface area contributed by atoms with E-state index in [4.69, 9.17) is 17.0 Å². The third-order valence-corrected chi connectivity index (χ3v) is 4.74. The van der Waals surface area contributed by atoms with Gasteiger partial charge in [-0.3, -0.25) is 4.79 Å². The highest BCUT2D eigenvalue weighted by atomic mass is 79.9. The Balaban J connectivity index is 1.94. The van der Waals surface area contributed by atoms with Crippen LogP contribution in [0.1, 0.15) is 18.5 Å². The van der Waals surface area contributed by atoms with Gasteiger partial charge in [-0.2, -0.15) is 0 Å². The molecule has 0 aromatic heterocycles. The Morgan fingerprint density at radius 2 is 2.00 bits per heavy atom. The van der Waals surface area contributed by atoms with E-state index in [1.165, 1.54) is 0 Å². The number of methoxy groups -OCH3 is 1. The summed E-state index contributed by atoms with van der Waals surface area (Å²) in [5, 5.41) is 9.65. The fraction of sp³-hybridized carbons (Fsp3) is 0.158. The number of rotatable bonds is 4. The lowest BCUT2D eigenvalue weighted by atomic mass is 9.95. The van der Waals surface area contributed by atoms with E-state index >= 15 is 0 Å². The van der Waals surface area contributed by atoms with Gasteiger partial charge in [0.2, 0.25) is 0 Å². The summed E-state index contributed by atoms with van der Waals surface area (Å²) in [6, 6.07) is 14.7. The maximum Gasteiger partial charge on any atom is 0.255 e. The summed E-state index contributed by atoms with van der Waals surface area (Å²) in [6.07, 6.45) is 0. The summed E-state index contributed by atoms with van der Waals surface area (Å²) in [5.74, 6) is 0.473. The number of anilines is 1. The highest BCUT2D eigenvalue weighted by Gasteiger charge is 2.30. The molecule has 26 heavy (non-hydrogen) atoms. The number of amides is 1. The maximum absolute atomic E-state index is 13.0. The lowest BCUT2D eigenvalue weighted by Gasteiger charge is -2.30. The minimum Gasteiger partial charge on any atom is -0.497 e. The van der Waals surface area contributed by atoms with E-state index in [1.807, 2.05) is 49.4 Å². The van der Waals surface area contributed by atoms with Crippen LogP contribution in [0.5, 0.6) is 5.75 Å². The van der Waals surface area contributed by atoms with Crippen molar-refractivity contribution in [3.63, 3.8) is 0 Å². The summed E-state index contributed by atoms with van der Waals surface area (Å²) >= 11 is 8.76. The molecule has 0 bridgehead atoms. The van der Waals surface area contributed by atoms with Crippen molar-refractivity contribution in [1.82, 2.24) is 10.6 Å². The molecule has 5 nitrogen and oxygen atoms in total. The fourth-order valence-corrected chi connectivity index (χ4v) is 3.52. The Kier molecular flexibility index (Phi) is 5.58. The molecule has 134 valence electrons. The van der Waals surface area contributed by atoms with Crippen molar-refractivity contribution in [2.45, 2.75) is 13.0 Å². The van der Waals surface area contributed by atoms with Gasteiger partial charge in [-0.15, -0.1) is 0 Å². The van der Waals surface area contributed by atoms with Gasteiger partial charge in [0.15, 0.2) is 5.11 Å². The molecule has 0 spiro atoms. The van der Waals surface area contributed by atoms with Gasteiger partial charge in [0.25, 0.3) is 5.91 Å². The zero-order valence-electron chi connectivity index (χ0n) is 14.3. The number of thiocarbonyl (C=S) groups is 1. The van der Waals surface area contributed by atoms with Crippen molar-refractivity contribution in [2.75, 3.05) is 12.4 Å². The molecular formula is C19H18BrN3O2S. The molecule has 2 aromatic carbocycles. The normalized spacial score (nSPS) is 16.6. The molecule has 0 radical (unpaired) electrons. The second-order valence-corrected chi connectivity index (χ2v) is 7.14. The fourth-order valence-electron chi connectivity index (χ4n) is 2.83. The number of allylic oxidation sites excluding steroid dienone is 1. The highest BCUT2D eigenvalue weighted by molar-refractivity contribution is 9.10. The Hall–Kier alpha value is -2.38. The molecule has 1 unspecified atom stereocenters. The molecular weight excluding hydrogens is 414 g/mol. The molecule has 3 N–H and O–H groups in total. The van der Waals surface area contributed by atoms with Crippen molar-refractivity contribution >= 4 is 44.9 Å². The molecule has 1 aliphatic heterocycles. The summed E-state index contributed by atoms with van der Waals surface area (Å²) in [4.78, 5) is 13.0. The van der Waals surface area contributed by atoms with Crippen molar-refractivity contribution in [3.8, 4) is 5.75 Å². The van der Waals surface area contributed by atoms with E-state index in [-0.39, 0.29) is 11.9 Å². The molecule has 0 saturated carbocycles. The third-order valence-electron chi connectivity index (χ3n) is 4.02. The Labute approximate surface area is 165 Å². The van der Waals surface area contributed by atoms with Crippen LogP contribution in [-0.4, -0.2) is 18.1 Å². The highest BCUT2D eigenvalue weighted by Crippen LogP contribution is 2.29. The van der Waals surface area contributed by atoms with Crippen LogP contribution in [0.2, 0.25) is 0 Å². The molecule has 1 amide bonds. The number of hydrogen-bond acceptors (Lipinski definition) is 3. The number of hydrogen-bond donors (Lipinski definition) is 3. The average molecular weight is 432 g/mol. The quantitative estimate of drug-likeness (QED) is 0.640. The van der Waals surface area contributed by atoms with Gasteiger partial charge in [-0.25, -0.2) is 0 Å². The topological polar surface area (TPSA) is 62.4 Å². The molecule has 7 heteroatoms. The van der Waals surface area contributed by atoms with Gasteiger partial charge in [0.1, 0.15) is 5.75 Å². The van der Waals surface area contributed by atoms with Crippen molar-refractivity contribution < 1.29 is 9.53 Å². The first kappa shape index (κ1) is 18.4. The number of carbonyl (C=O) groups is 1. The molecule has 2 aromatic rings. The largest absolute Gasteiger partial charge is 0.497 e. The minimum absolute atomic E-state index is 0.205. The van der Waals surface area contributed by atoms with E-state index in [0.29, 0.717) is 22.1 Å². The SMILES string of the molecule is COc1cccc(NC(=O)C2=C(C)NC(=S)NC2c2cccc(Br)c2)c1. The van der Waals surface area contributed by atoms with Crippen LogP contribution in [0, 0.1) is 0 Å². The van der Waals surface area contributed by atoms with E-state index in [0.717, 1.165) is 15.7 Å². The molecule has 0 fully saturated rings. The average Bonchev–Trinajstić information content (AvgIpc) is 2.61. The summed E-state index contributed by atoms with van der Waals surface area (Å²) in [7, 11) is 1.59. The maximum atomic E-state index is 13.0. The predicted octanol–water partition coefficient (Wildman–Crippen LogP) is 3.89. The summed E-state index contributed by atoms with van der Waals surface area (Å²) in [5.41, 5.74) is 2.91. The zero-order chi connectivity index (χ0) is 18.7. The molecule has 1 heterocycles. The van der Waals surface area contributed by atoms with Gasteiger partial charge in [0, 0.05) is 21.9 Å². The summed E-state index contributed by atoms with van der Waals surface area (Å²) in [6.45, 7) is 1.85. The molecule has 3 rings (SSSR count). The smallest absolute Gasteiger partial charge is 0.255 e. The van der Waals surface area contributed by atoms with E-state index in [9.17, 15) is 4.79 Å². The predicted molar refractivity (Wildman–Crippen MR) is 110 cm³/mol. The van der Waals surface area contributed by atoms with Gasteiger partial charge in [-0.1, -0.05) is 34.1 Å². The van der Waals surface area contributed by atoms with Crippen LogP contribution in [0.25, 0.3) is 0 Å². The number of benzene rings is 2. The van der Waals surface area contributed by atoms with Crippen LogP contribution in [0.4, 0.5) is 5.69 Å². The Morgan fingerprint density at radius 1 is 1.23 bits per heavy atom. The summed E-state index contributed by atoms with van der Waals surface area (Å²) < 4.78 is 6.15. The standard InChI is InChI=1S/C19H18BrN3O2S/c1-11-16(18(24)22-14-7-4-8-15(10-14)25-2)17(23-19(26)21-11)12-5-3-6-13(20)9-12/h3-10,17H,1-2H3,(H,22,24)(H2,21,23,26).